The summed E-state index contributed by atoms with van der Waals surface area (Å²) in [6.45, 7) is 0. The van der Waals surface area contributed by atoms with E-state index in [1.165, 1.54) is 0 Å². The van der Waals surface area contributed by atoms with Gasteiger partial charge in [-0.15, -0.1) is 0 Å². The van der Waals surface area contributed by atoms with E-state index in [0.717, 1.165) is 12.1 Å². The first kappa shape index (κ1) is 9.87. The van der Waals surface area contributed by atoms with Crippen molar-refractivity contribution in [2.45, 2.75) is 0 Å². The average molecular weight is 209 g/mol. The van der Waals surface area contributed by atoms with Crippen LogP contribution in [0.25, 0.3) is 0 Å². The molecule has 1 aromatic carbocycles. The Kier molecular flexibility index (Phi) is 2.48. The number of nitrogens with two attached hydrogens (primary N) is 1. The smallest absolute Gasteiger partial charge is 0.368 e. The third-order valence-corrected chi connectivity index (χ3v) is 1.51. The lowest BCUT2D eigenvalue weighted by Gasteiger charge is -2.02. The molecule has 0 heterocycles. The van der Waals surface area contributed by atoms with Gasteiger partial charge in [0.1, 0.15) is 5.82 Å². The highest BCUT2D eigenvalue weighted by atomic mass is 32.2. The maximum absolute atomic E-state index is 12.7. The molecular weight excluding hydrogens is 204 g/mol. The third kappa shape index (κ3) is 2.96. The second-order valence-electron chi connectivity index (χ2n) is 2.15. The summed E-state index contributed by atoms with van der Waals surface area (Å²) in [6, 6.07) is 2.17. The Bertz CT molecular complexity index is 418. The van der Waals surface area contributed by atoms with Crippen LogP contribution >= 0.6 is 0 Å². The standard InChI is InChI=1S/C6H5F2NO3S/c7-4-1-2-6(5(8)3-4)12-13(9,10)11/h1-3H,(H2,9,10,11). The number of halogens is 2. The molecule has 0 spiro atoms. The molecule has 0 aromatic heterocycles. The fraction of sp³-hybridized carbons (Fsp3) is 0. The van der Waals surface area contributed by atoms with Crippen molar-refractivity contribution >= 4 is 10.3 Å². The molecule has 0 radical (unpaired) electrons. The van der Waals surface area contributed by atoms with Gasteiger partial charge in [0, 0.05) is 6.07 Å². The van der Waals surface area contributed by atoms with Gasteiger partial charge in [0.25, 0.3) is 0 Å². The monoisotopic (exact) mass is 209 g/mol. The lowest BCUT2D eigenvalue weighted by Crippen LogP contribution is -2.19. The highest BCUT2D eigenvalue weighted by Gasteiger charge is 2.10. The van der Waals surface area contributed by atoms with Gasteiger partial charge in [0.2, 0.25) is 0 Å². The van der Waals surface area contributed by atoms with E-state index in [-0.39, 0.29) is 0 Å². The topological polar surface area (TPSA) is 69.4 Å². The van der Waals surface area contributed by atoms with Crippen molar-refractivity contribution in [1.29, 1.82) is 0 Å². The van der Waals surface area contributed by atoms with E-state index in [0.29, 0.717) is 6.07 Å². The minimum absolute atomic E-state index is 0.487. The maximum Gasteiger partial charge on any atom is 0.380 e. The SMILES string of the molecule is NS(=O)(=O)Oc1ccc(F)cc1F. The molecule has 0 unspecified atom stereocenters. The lowest BCUT2D eigenvalue weighted by molar-refractivity contribution is 0.458. The molecule has 0 atom stereocenters. The molecule has 0 aliphatic rings. The normalized spacial score (nSPS) is 11.3. The fourth-order valence-electron chi connectivity index (χ4n) is 0.668. The van der Waals surface area contributed by atoms with Gasteiger partial charge in [0.05, 0.1) is 0 Å². The molecular formula is C6H5F2NO3S. The molecule has 0 fully saturated rings. The summed E-state index contributed by atoms with van der Waals surface area (Å²) in [5.41, 5.74) is 0. The minimum Gasteiger partial charge on any atom is -0.368 e. The summed E-state index contributed by atoms with van der Waals surface area (Å²) < 4.78 is 49.7. The van der Waals surface area contributed by atoms with Gasteiger partial charge in [-0.25, -0.2) is 8.78 Å². The van der Waals surface area contributed by atoms with Crippen LogP contribution in [0.1, 0.15) is 0 Å². The van der Waals surface area contributed by atoms with Crippen LogP contribution in [-0.2, 0) is 10.3 Å². The third-order valence-electron chi connectivity index (χ3n) is 1.10. The van der Waals surface area contributed by atoms with Crippen molar-refractivity contribution in [3.05, 3.63) is 29.8 Å². The molecule has 72 valence electrons. The molecule has 0 aliphatic heterocycles. The summed E-state index contributed by atoms with van der Waals surface area (Å²) in [6.07, 6.45) is 0. The maximum atomic E-state index is 12.7. The molecule has 0 saturated carbocycles. The summed E-state index contributed by atoms with van der Waals surface area (Å²) >= 11 is 0. The summed E-state index contributed by atoms with van der Waals surface area (Å²) in [4.78, 5) is 0. The lowest BCUT2D eigenvalue weighted by atomic mass is 10.3. The highest BCUT2D eigenvalue weighted by Crippen LogP contribution is 2.18. The molecule has 0 saturated heterocycles. The van der Waals surface area contributed by atoms with E-state index in [4.69, 9.17) is 0 Å². The van der Waals surface area contributed by atoms with Crippen molar-refractivity contribution < 1.29 is 21.4 Å². The average Bonchev–Trinajstić information content (AvgIpc) is 1.93. The van der Waals surface area contributed by atoms with Crippen molar-refractivity contribution in [2.24, 2.45) is 5.14 Å². The van der Waals surface area contributed by atoms with E-state index in [1.54, 1.807) is 0 Å². The van der Waals surface area contributed by atoms with Crippen LogP contribution < -0.4 is 9.32 Å². The molecule has 0 bridgehead atoms. The molecule has 0 aliphatic carbocycles. The van der Waals surface area contributed by atoms with Crippen molar-refractivity contribution in [3.63, 3.8) is 0 Å². The fourth-order valence-corrected chi connectivity index (χ4v) is 1.05. The van der Waals surface area contributed by atoms with Gasteiger partial charge in [0.15, 0.2) is 11.6 Å². The Labute approximate surface area is 73.2 Å². The number of hydrogen-bond donors (Lipinski definition) is 1. The number of hydrogen-bond acceptors (Lipinski definition) is 3. The zero-order valence-corrected chi connectivity index (χ0v) is 7.01. The first-order valence-corrected chi connectivity index (χ1v) is 4.53. The van der Waals surface area contributed by atoms with Gasteiger partial charge < -0.3 is 4.18 Å². The Morgan fingerprint density at radius 3 is 2.38 bits per heavy atom. The van der Waals surface area contributed by atoms with Crippen molar-refractivity contribution in [1.82, 2.24) is 0 Å². The summed E-state index contributed by atoms with van der Waals surface area (Å²) in [5.74, 6) is -2.60. The van der Waals surface area contributed by atoms with Gasteiger partial charge >= 0.3 is 10.3 Å². The van der Waals surface area contributed by atoms with Crippen LogP contribution in [0.15, 0.2) is 18.2 Å². The first-order valence-electron chi connectivity index (χ1n) is 3.06. The number of benzene rings is 1. The van der Waals surface area contributed by atoms with Gasteiger partial charge in [-0.3, -0.25) is 0 Å². The van der Waals surface area contributed by atoms with E-state index in [2.05, 4.69) is 9.32 Å². The van der Waals surface area contributed by atoms with E-state index in [1.807, 2.05) is 0 Å². The predicted molar refractivity (Wildman–Crippen MR) is 40.1 cm³/mol. The van der Waals surface area contributed by atoms with Crippen LogP contribution in [-0.4, -0.2) is 8.42 Å². The van der Waals surface area contributed by atoms with Crippen molar-refractivity contribution in [3.8, 4) is 5.75 Å². The zero-order chi connectivity index (χ0) is 10.1. The molecule has 4 nitrogen and oxygen atoms in total. The van der Waals surface area contributed by atoms with Crippen LogP contribution in [0, 0.1) is 11.6 Å². The quantitative estimate of drug-likeness (QED) is 0.773. The molecule has 7 heteroatoms. The molecule has 2 N–H and O–H groups in total. The van der Waals surface area contributed by atoms with Gasteiger partial charge in [-0.1, -0.05) is 0 Å². The number of rotatable bonds is 2. The Hall–Kier alpha value is -1.21. The van der Waals surface area contributed by atoms with Gasteiger partial charge in [-0.05, 0) is 12.1 Å². The Morgan fingerprint density at radius 2 is 1.92 bits per heavy atom. The largest absolute Gasteiger partial charge is 0.380 e. The predicted octanol–water partition coefficient (Wildman–Crippen LogP) is 0.547. The highest BCUT2D eigenvalue weighted by molar-refractivity contribution is 7.84. The molecule has 1 rings (SSSR count). The Balaban J connectivity index is 3.04. The summed E-state index contributed by atoms with van der Waals surface area (Å²) in [5, 5.41) is 4.46. The van der Waals surface area contributed by atoms with Gasteiger partial charge in [-0.2, -0.15) is 13.6 Å². The first-order chi connectivity index (χ1) is 5.88. The molecule has 1 aromatic rings. The van der Waals surface area contributed by atoms with E-state index < -0.39 is 27.7 Å². The van der Waals surface area contributed by atoms with Crippen LogP contribution in [0.3, 0.4) is 0 Å². The Morgan fingerprint density at radius 1 is 1.31 bits per heavy atom. The van der Waals surface area contributed by atoms with E-state index in [9.17, 15) is 17.2 Å². The zero-order valence-electron chi connectivity index (χ0n) is 6.20. The van der Waals surface area contributed by atoms with E-state index >= 15 is 0 Å². The molecule has 13 heavy (non-hydrogen) atoms. The van der Waals surface area contributed by atoms with Crippen LogP contribution in [0.5, 0.6) is 5.75 Å². The molecule has 0 amide bonds. The minimum atomic E-state index is -4.27. The summed E-state index contributed by atoms with van der Waals surface area (Å²) in [7, 11) is -4.27. The van der Waals surface area contributed by atoms with Crippen LogP contribution in [0.4, 0.5) is 8.78 Å². The van der Waals surface area contributed by atoms with Crippen molar-refractivity contribution in [2.75, 3.05) is 0 Å². The van der Waals surface area contributed by atoms with Crippen LogP contribution in [0.2, 0.25) is 0 Å². The second-order valence-corrected chi connectivity index (χ2v) is 3.30. The second kappa shape index (κ2) is 3.27.